The van der Waals surface area contributed by atoms with Gasteiger partial charge in [0.2, 0.25) is 5.91 Å². The number of amides is 1. The molecule has 2 aromatic carbocycles. The van der Waals surface area contributed by atoms with E-state index in [1.807, 2.05) is 41.0 Å². The average Bonchev–Trinajstić information content (AvgIpc) is 3.17. The van der Waals surface area contributed by atoms with Gasteiger partial charge in [0.25, 0.3) is 0 Å². The summed E-state index contributed by atoms with van der Waals surface area (Å²) in [6.07, 6.45) is 2.04. The molecule has 3 aromatic rings. The highest BCUT2D eigenvalue weighted by atomic mass is 32.2. The van der Waals surface area contributed by atoms with E-state index in [2.05, 4.69) is 41.5 Å². The molecule has 0 spiro atoms. The lowest BCUT2D eigenvalue weighted by molar-refractivity contribution is -0.118. The van der Waals surface area contributed by atoms with Crippen molar-refractivity contribution in [3.8, 4) is 22.8 Å². The summed E-state index contributed by atoms with van der Waals surface area (Å²) in [4.78, 5) is 12.1. The second-order valence-electron chi connectivity index (χ2n) is 6.70. The van der Waals surface area contributed by atoms with E-state index in [0.717, 1.165) is 35.7 Å². The normalized spacial score (nSPS) is 10.7. The lowest BCUT2D eigenvalue weighted by Crippen LogP contribution is -2.26. The maximum absolute atomic E-state index is 12.1. The van der Waals surface area contributed by atoms with Crippen molar-refractivity contribution in [1.82, 2.24) is 20.1 Å². The third kappa shape index (κ3) is 5.38. The molecule has 3 rings (SSSR count). The van der Waals surface area contributed by atoms with Crippen molar-refractivity contribution in [3.63, 3.8) is 0 Å². The van der Waals surface area contributed by atoms with Gasteiger partial charge in [0, 0.05) is 17.8 Å². The second kappa shape index (κ2) is 10.1. The number of rotatable bonds is 9. The van der Waals surface area contributed by atoms with Crippen LogP contribution in [-0.4, -0.2) is 40.1 Å². The Labute approximate surface area is 175 Å². The molecule has 0 bridgehead atoms. The van der Waals surface area contributed by atoms with Crippen molar-refractivity contribution in [2.24, 2.45) is 0 Å². The number of aryl methyl sites for hydroxylation is 1. The number of hydrogen-bond acceptors (Lipinski definition) is 5. The molecule has 0 atom stereocenters. The van der Waals surface area contributed by atoms with Gasteiger partial charge in [-0.1, -0.05) is 54.9 Å². The first kappa shape index (κ1) is 20.9. The Bertz CT molecular complexity index is 936. The standard InChI is InChI=1S/C22H26N4O2S/c1-4-5-14-23-20(27)15-29-22-25-24-21(17-8-6-16(2)7-9-17)26(22)18-10-12-19(28-3)13-11-18/h6-13H,4-5,14-15H2,1-3H3,(H,23,27). The number of nitrogens with zero attached hydrogens (tertiary/aromatic N) is 3. The summed E-state index contributed by atoms with van der Waals surface area (Å²) in [7, 11) is 1.64. The van der Waals surface area contributed by atoms with Gasteiger partial charge >= 0.3 is 0 Å². The van der Waals surface area contributed by atoms with E-state index in [0.29, 0.717) is 17.5 Å². The summed E-state index contributed by atoms with van der Waals surface area (Å²) >= 11 is 1.38. The molecule has 0 fully saturated rings. The van der Waals surface area contributed by atoms with E-state index in [1.165, 1.54) is 17.3 Å². The zero-order valence-corrected chi connectivity index (χ0v) is 17.8. The zero-order chi connectivity index (χ0) is 20.6. The van der Waals surface area contributed by atoms with Crippen LogP contribution in [0.15, 0.2) is 53.7 Å². The van der Waals surface area contributed by atoms with E-state index < -0.39 is 0 Å². The maximum atomic E-state index is 12.1. The van der Waals surface area contributed by atoms with Crippen molar-refractivity contribution < 1.29 is 9.53 Å². The molecule has 0 radical (unpaired) electrons. The molecule has 1 heterocycles. The van der Waals surface area contributed by atoms with Crippen LogP contribution in [0.1, 0.15) is 25.3 Å². The molecule has 29 heavy (non-hydrogen) atoms. The minimum atomic E-state index is 0.00427. The number of nitrogens with one attached hydrogen (secondary N) is 1. The Balaban J connectivity index is 1.89. The number of aromatic nitrogens is 3. The van der Waals surface area contributed by atoms with Crippen molar-refractivity contribution in [1.29, 1.82) is 0 Å². The SMILES string of the molecule is CCCCNC(=O)CSc1nnc(-c2ccc(C)cc2)n1-c1ccc(OC)cc1. The van der Waals surface area contributed by atoms with Crippen molar-refractivity contribution in [2.75, 3.05) is 19.4 Å². The molecule has 0 aliphatic heterocycles. The van der Waals surface area contributed by atoms with Gasteiger partial charge in [0.15, 0.2) is 11.0 Å². The van der Waals surface area contributed by atoms with Crippen LogP contribution < -0.4 is 10.1 Å². The third-order valence-corrected chi connectivity index (χ3v) is 5.39. The highest BCUT2D eigenvalue weighted by molar-refractivity contribution is 7.99. The number of ether oxygens (including phenoxy) is 1. The molecule has 152 valence electrons. The van der Waals surface area contributed by atoms with Crippen LogP contribution in [0.25, 0.3) is 17.1 Å². The van der Waals surface area contributed by atoms with Gasteiger partial charge in [-0.05, 0) is 37.6 Å². The number of benzene rings is 2. The van der Waals surface area contributed by atoms with Crippen LogP contribution in [0.5, 0.6) is 5.75 Å². The van der Waals surface area contributed by atoms with Crippen molar-refractivity contribution >= 4 is 17.7 Å². The lowest BCUT2D eigenvalue weighted by atomic mass is 10.1. The van der Waals surface area contributed by atoms with Crippen LogP contribution in [0.3, 0.4) is 0 Å². The van der Waals surface area contributed by atoms with E-state index in [4.69, 9.17) is 4.74 Å². The molecule has 0 aliphatic carbocycles. The van der Waals surface area contributed by atoms with Gasteiger partial charge < -0.3 is 10.1 Å². The number of thioether (sulfide) groups is 1. The Kier molecular flexibility index (Phi) is 7.30. The summed E-state index contributed by atoms with van der Waals surface area (Å²) in [5.41, 5.74) is 3.07. The number of carbonyl (C=O) groups is 1. The number of hydrogen-bond donors (Lipinski definition) is 1. The van der Waals surface area contributed by atoms with Crippen LogP contribution in [0.2, 0.25) is 0 Å². The Hall–Kier alpha value is -2.80. The smallest absolute Gasteiger partial charge is 0.230 e. The molecule has 0 saturated heterocycles. The number of methoxy groups -OCH3 is 1. The highest BCUT2D eigenvalue weighted by Gasteiger charge is 2.17. The Morgan fingerprint density at radius 1 is 1.10 bits per heavy atom. The van der Waals surface area contributed by atoms with E-state index in [9.17, 15) is 4.79 Å². The molecular formula is C22H26N4O2S. The maximum Gasteiger partial charge on any atom is 0.230 e. The average molecular weight is 411 g/mol. The predicted octanol–water partition coefficient (Wildman–Crippen LogP) is 4.26. The fourth-order valence-electron chi connectivity index (χ4n) is 2.80. The van der Waals surface area contributed by atoms with E-state index in [1.54, 1.807) is 7.11 Å². The van der Waals surface area contributed by atoms with Crippen molar-refractivity contribution in [2.45, 2.75) is 31.8 Å². The fraction of sp³-hybridized carbons (Fsp3) is 0.318. The summed E-state index contributed by atoms with van der Waals surface area (Å²) in [6.45, 7) is 4.86. The van der Waals surface area contributed by atoms with E-state index >= 15 is 0 Å². The van der Waals surface area contributed by atoms with Crippen molar-refractivity contribution in [3.05, 3.63) is 54.1 Å². The zero-order valence-electron chi connectivity index (χ0n) is 17.0. The number of unbranched alkanes of at least 4 members (excludes halogenated alkanes) is 1. The first-order valence-corrected chi connectivity index (χ1v) is 10.7. The molecule has 0 saturated carbocycles. The molecule has 1 amide bonds. The second-order valence-corrected chi connectivity index (χ2v) is 7.64. The monoisotopic (exact) mass is 410 g/mol. The first-order valence-electron chi connectivity index (χ1n) is 9.68. The molecule has 6 nitrogen and oxygen atoms in total. The minimum Gasteiger partial charge on any atom is -0.497 e. The molecular weight excluding hydrogens is 384 g/mol. The number of carbonyl (C=O) groups excluding carboxylic acids is 1. The third-order valence-electron chi connectivity index (χ3n) is 4.46. The highest BCUT2D eigenvalue weighted by Crippen LogP contribution is 2.29. The summed E-state index contributed by atoms with van der Waals surface area (Å²) in [5.74, 6) is 1.82. The Morgan fingerprint density at radius 2 is 1.83 bits per heavy atom. The van der Waals surface area contributed by atoms with E-state index in [-0.39, 0.29) is 5.91 Å². The van der Waals surface area contributed by atoms with Gasteiger partial charge in [0.1, 0.15) is 5.75 Å². The van der Waals surface area contributed by atoms with Crippen LogP contribution >= 0.6 is 11.8 Å². The topological polar surface area (TPSA) is 69.0 Å². The molecule has 0 unspecified atom stereocenters. The van der Waals surface area contributed by atoms with Crippen LogP contribution in [0, 0.1) is 6.92 Å². The minimum absolute atomic E-state index is 0.00427. The Morgan fingerprint density at radius 3 is 2.48 bits per heavy atom. The van der Waals surface area contributed by atoms with Crippen LogP contribution in [-0.2, 0) is 4.79 Å². The first-order chi connectivity index (χ1) is 14.1. The molecule has 7 heteroatoms. The molecule has 1 aromatic heterocycles. The molecule has 0 aliphatic rings. The molecule has 1 N–H and O–H groups in total. The summed E-state index contributed by atoms with van der Waals surface area (Å²) in [5, 5.41) is 12.4. The largest absolute Gasteiger partial charge is 0.497 e. The quantitative estimate of drug-likeness (QED) is 0.422. The van der Waals surface area contributed by atoms with Gasteiger partial charge in [-0.2, -0.15) is 0 Å². The van der Waals surface area contributed by atoms with Gasteiger partial charge in [0.05, 0.1) is 12.9 Å². The van der Waals surface area contributed by atoms with Gasteiger partial charge in [-0.3, -0.25) is 9.36 Å². The lowest BCUT2D eigenvalue weighted by Gasteiger charge is -2.11. The van der Waals surface area contributed by atoms with Crippen LogP contribution in [0.4, 0.5) is 0 Å². The van der Waals surface area contributed by atoms with Gasteiger partial charge in [-0.15, -0.1) is 10.2 Å². The summed E-state index contributed by atoms with van der Waals surface area (Å²) in [6, 6.07) is 15.9. The predicted molar refractivity (Wildman–Crippen MR) is 117 cm³/mol. The summed E-state index contributed by atoms with van der Waals surface area (Å²) < 4.78 is 7.25. The van der Waals surface area contributed by atoms with Gasteiger partial charge in [-0.25, -0.2) is 0 Å². The fourth-order valence-corrected chi connectivity index (χ4v) is 3.58.